The van der Waals surface area contributed by atoms with Crippen LogP contribution in [-0.2, 0) is 16.1 Å². The number of benzene rings is 1. The Morgan fingerprint density at radius 1 is 1.24 bits per heavy atom. The lowest BCUT2D eigenvalue weighted by Crippen LogP contribution is -2.45. The molecule has 1 N–H and O–H groups in total. The zero-order valence-corrected chi connectivity index (χ0v) is 22.4. The summed E-state index contributed by atoms with van der Waals surface area (Å²) in [6.07, 6.45) is 12.7. The van der Waals surface area contributed by atoms with Crippen LogP contribution in [0.3, 0.4) is 0 Å². The van der Waals surface area contributed by atoms with Crippen molar-refractivity contribution >= 4 is 24.5 Å². The molecule has 1 aromatic heterocycles. The Morgan fingerprint density at radius 3 is 2.62 bits per heavy atom. The van der Waals surface area contributed by atoms with E-state index < -0.39 is 6.04 Å². The van der Waals surface area contributed by atoms with E-state index in [1.807, 2.05) is 44.2 Å². The number of hydrazone groups is 1. The Bertz CT molecular complexity index is 1120. The predicted molar refractivity (Wildman–Crippen MR) is 149 cm³/mol. The SMILES string of the molecule is C=Cc1ncn(CC(=O)N(CC=CN(C)N=C)C(C(=O)CNC2CCCCC2)c2ccccc2C)c1C. The molecule has 1 unspecified atom stereocenters. The lowest BCUT2D eigenvalue weighted by Gasteiger charge is -2.32. The highest BCUT2D eigenvalue weighted by molar-refractivity contribution is 5.91. The summed E-state index contributed by atoms with van der Waals surface area (Å²) in [4.78, 5) is 33.7. The molecule has 8 nitrogen and oxygen atoms in total. The molecule has 1 atom stereocenters. The summed E-state index contributed by atoms with van der Waals surface area (Å²) in [5, 5.41) is 8.89. The molecule has 37 heavy (non-hydrogen) atoms. The number of rotatable bonds is 13. The van der Waals surface area contributed by atoms with Crippen LogP contribution < -0.4 is 5.32 Å². The molecule has 0 aliphatic heterocycles. The second-order valence-corrected chi connectivity index (χ2v) is 9.63. The molecule has 8 heteroatoms. The lowest BCUT2D eigenvalue weighted by atomic mass is 9.93. The summed E-state index contributed by atoms with van der Waals surface area (Å²) in [5.41, 5.74) is 3.40. The van der Waals surface area contributed by atoms with Gasteiger partial charge in [0.15, 0.2) is 5.78 Å². The minimum absolute atomic E-state index is 0.0223. The molecular formula is C29H40N6O2. The zero-order chi connectivity index (χ0) is 26.8. The van der Waals surface area contributed by atoms with Gasteiger partial charge in [-0.3, -0.25) is 14.6 Å². The largest absolute Gasteiger partial charge is 0.325 e. The van der Waals surface area contributed by atoms with E-state index in [-0.39, 0.29) is 31.3 Å². The maximum absolute atomic E-state index is 13.9. The van der Waals surface area contributed by atoms with Gasteiger partial charge in [0.2, 0.25) is 5.91 Å². The highest BCUT2D eigenvalue weighted by Gasteiger charge is 2.32. The number of carbonyl (C=O) groups is 2. The van der Waals surface area contributed by atoms with E-state index in [2.05, 4.69) is 28.7 Å². The molecule has 1 aliphatic carbocycles. The third kappa shape index (κ3) is 7.49. The molecule has 0 radical (unpaired) electrons. The molecule has 1 heterocycles. The molecule has 0 spiro atoms. The molecule has 198 valence electrons. The van der Waals surface area contributed by atoms with Crippen molar-refractivity contribution in [2.45, 2.75) is 64.6 Å². The highest BCUT2D eigenvalue weighted by Crippen LogP contribution is 2.26. The number of hydrogen-bond donors (Lipinski definition) is 1. The number of carbonyl (C=O) groups excluding carboxylic acids is 2. The fraction of sp³-hybridized carbons (Fsp3) is 0.448. The Balaban J connectivity index is 1.94. The van der Waals surface area contributed by atoms with Crippen molar-refractivity contribution in [3.05, 3.63) is 72.0 Å². The van der Waals surface area contributed by atoms with Gasteiger partial charge in [-0.25, -0.2) is 4.98 Å². The van der Waals surface area contributed by atoms with Crippen LogP contribution in [0.1, 0.15) is 60.7 Å². The molecule has 1 amide bonds. The smallest absolute Gasteiger partial charge is 0.243 e. The first kappa shape index (κ1) is 28.1. The molecule has 1 aromatic carbocycles. The molecule has 2 aromatic rings. The van der Waals surface area contributed by atoms with Gasteiger partial charge >= 0.3 is 0 Å². The van der Waals surface area contributed by atoms with Gasteiger partial charge in [0, 0.05) is 38.2 Å². The molecule has 0 bridgehead atoms. The first-order valence-corrected chi connectivity index (χ1v) is 13.0. The van der Waals surface area contributed by atoms with Crippen LogP contribution in [0, 0.1) is 13.8 Å². The molecule has 1 fully saturated rings. The van der Waals surface area contributed by atoms with Crippen LogP contribution in [0.2, 0.25) is 0 Å². The first-order valence-electron chi connectivity index (χ1n) is 13.0. The van der Waals surface area contributed by atoms with Crippen LogP contribution in [0.5, 0.6) is 0 Å². The topological polar surface area (TPSA) is 82.8 Å². The minimum Gasteiger partial charge on any atom is -0.325 e. The van der Waals surface area contributed by atoms with E-state index in [9.17, 15) is 9.59 Å². The summed E-state index contributed by atoms with van der Waals surface area (Å²) in [6, 6.07) is 7.41. The van der Waals surface area contributed by atoms with E-state index >= 15 is 0 Å². The predicted octanol–water partition coefficient (Wildman–Crippen LogP) is 4.27. The monoisotopic (exact) mass is 504 g/mol. The number of imidazole rings is 1. The Hall–Kier alpha value is -3.52. The van der Waals surface area contributed by atoms with Crippen LogP contribution >= 0.6 is 0 Å². The van der Waals surface area contributed by atoms with Crippen LogP contribution in [-0.4, -0.2) is 64.0 Å². The standard InChI is InChI=1S/C29H40N6O2/c1-6-26-23(3)34(21-32-26)20-28(37)35(18-12-17-33(5)30-4)29(25-16-11-10-13-22(25)2)27(36)19-31-24-14-8-7-9-15-24/h6,10-13,16-17,21,24,29,31H,1,4,7-9,14-15,18-20H2,2-3,5H3. The van der Waals surface area contributed by atoms with E-state index in [1.54, 1.807) is 40.1 Å². The van der Waals surface area contributed by atoms with Gasteiger partial charge in [0.05, 0.1) is 18.6 Å². The normalized spacial score (nSPS) is 14.9. The van der Waals surface area contributed by atoms with E-state index in [1.165, 1.54) is 19.3 Å². The zero-order valence-electron chi connectivity index (χ0n) is 22.4. The van der Waals surface area contributed by atoms with Gasteiger partial charge < -0.3 is 14.8 Å². The second kappa shape index (κ2) is 13.7. The van der Waals surface area contributed by atoms with Crippen molar-refractivity contribution < 1.29 is 9.59 Å². The molecule has 1 aliphatic rings. The van der Waals surface area contributed by atoms with Gasteiger partial charge in [-0.2, -0.15) is 5.10 Å². The average molecular weight is 505 g/mol. The third-order valence-electron chi connectivity index (χ3n) is 7.07. The quantitative estimate of drug-likeness (QED) is 0.325. The minimum atomic E-state index is -0.723. The van der Waals surface area contributed by atoms with Crippen LogP contribution in [0.25, 0.3) is 6.08 Å². The summed E-state index contributed by atoms with van der Waals surface area (Å²) in [5.74, 6) is -0.194. The number of amides is 1. The molecular weight excluding hydrogens is 464 g/mol. The van der Waals surface area contributed by atoms with Crippen molar-refractivity contribution in [3.8, 4) is 0 Å². The summed E-state index contributed by atoms with van der Waals surface area (Å²) in [7, 11) is 1.76. The third-order valence-corrected chi connectivity index (χ3v) is 7.07. The average Bonchev–Trinajstić information content (AvgIpc) is 3.26. The van der Waals surface area contributed by atoms with Gasteiger partial charge in [-0.05, 0) is 50.0 Å². The fourth-order valence-electron chi connectivity index (χ4n) is 4.82. The maximum atomic E-state index is 13.9. The number of hydrogen-bond acceptors (Lipinski definition) is 6. The molecule has 1 saturated carbocycles. The van der Waals surface area contributed by atoms with E-state index in [0.29, 0.717) is 6.04 Å². The summed E-state index contributed by atoms with van der Waals surface area (Å²) >= 11 is 0. The van der Waals surface area contributed by atoms with E-state index in [4.69, 9.17) is 0 Å². The summed E-state index contributed by atoms with van der Waals surface area (Å²) < 4.78 is 1.80. The van der Waals surface area contributed by atoms with Crippen LogP contribution in [0.4, 0.5) is 0 Å². The van der Waals surface area contributed by atoms with Gasteiger partial charge in [0.25, 0.3) is 0 Å². The molecule has 3 rings (SSSR count). The Morgan fingerprint density at radius 2 is 1.97 bits per heavy atom. The van der Waals surface area contributed by atoms with Gasteiger partial charge in [0.1, 0.15) is 12.6 Å². The fourth-order valence-corrected chi connectivity index (χ4v) is 4.82. The van der Waals surface area contributed by atoms with Gasteiger partial charge in [-0.15, -0.1) is 0 Å². The van der Waals surface area contributed by atoms with Gasteiger partial charge in [-0.1, -0.05) is 50.1 Å². The molecule has 0 saturated heterocycles. The summed E-state index contributed by atoms with van der Waals surface area (Å²) in [6.45, 7) is 11.7. The maximum Gasteiger partial charge on any atom is 0.243 e. The second-order valence-electron chi connectivity index (χ2n) is 9.63. The van der Waals surface area contributed by atoms with Crippen molar-refractivity contribution in [2.75, 3.05) is 20.1 Å². The number of nitrogens with one attached hydrogen (secondary N) is 1. The highest BCUT2D eigenvalue weighted by atomic mass is 16.2. The lowest BCUT2D eigenvalue weighted by molar-refractivity contribution is -0.139. The number of Topliss-reactive ketones (excluding diaryl/α,β-unsaturated/α-hetero) is 1. The van der Waals surface area contributed by atoms with E-state index in [0.717, 1.165) is 35.4 Å². The number of aryl methyl sites for hydroxylation is 1. The van der Waals surface area contributed by atoms with Crippen molar-refractivity contribution in [1.82, 2.24) is 24.8 Å². The van der Waals surface area contributed by atoms with Crippen molar-refractivity contribution in [3.63, 3.8) is 0 Å². The van der Waals surface area contributed by atoms with Crippen molar-refractivity contribution in [2.24, 2.45) is 5.10 Å². The first-order chi connectivity index (χ1) is 17.8. The number of aromatic nitrogens is 2. The Labute approximate surface area is 220 Å². The number of ketones is 1. The van der Waals surface area contributed by atoms with Crippen LogP contribution in [0.15, 0.2) is 54.5 Å². The number of nitrogens with zero attached hydrogens (tertiary/aromatic N) is 5. The Kier molecular flexibility index (Phi) is 10.4. The van der Waals surface area contributed by atoms with Crippen molar-refractivity contribution in [1.29, 1.82) is 0 Å².